The van der Waals surface area contributed by atoms with Crippen LogP contribution in [0.25, 0.3) is 0 Å². The Hall–Kier alpha value is -3.19. The molecule has 0 bridgehead atoms. The lowest BCUT2D eigenvalue weighted by Gasteiger charge is -2.35. The molecule has 3 rings (SSSR count). The first-order chi connectivity index (χ1) is 12.4. The van der Waals surface area contributed by atoms with Gasteiger partial charge in [0.1, 0.15) is 0 Å². The number of hydrogen-bond acceptors (Lipinski definition) is 5. The molecule has 1 aliphatic rings. The molecule has 6 nitrogen and oxygen atoms in total. The summed E-state index contributed by atoms with van der Waals surface area (Å²) >= 11 is 0. The summed E-state index contributed by atoms with van der Waals surface area (Å²) in [7, 11) is 0. The van der Waals surface area contributed by atoms with Gasteiger partial charge in [0.15, 0.2) is 11.4 Å². The van der Waals surface area contributed by atoms with Crippen LogP contribution in [-0.4, -0.2) is 11.0 Å². The molecular formula is C19H18FN3O3. The average Bonchev–Trinajstić information content (AvgIpc) is 2.64. The third-order valence-electron chi connectivity index (χ3n) is 4.33. The van der Waals surface area contributed by atoms with E-state index in [2.05, 4.69) is 0 Å². The van der Waals surface area contributed by atoms with Gasteiger partial charge in [0.05, 0.1) is 12.3 Å². The SMILES string of the molecule is NC1=C(F)C([N+](=O)[O-])C(OCc2ccccc2)(c2ccc(N)cc2)C=C1. The molecule has 0 radical (unpaired) electrons. The Morgan fingerprint density at radius 3 is 2.38 bits per heavy atom. The van der Waals surface area contributed by atoms with Crippen LogP contribution in [-0.2, 0) is 16.9 Å². The molecule has 134 valence electrons. The van der Waals surface area contributed by atoms with Crippen molar-refractivity contribution in [2.24, 2.45) is 5.73 Å². The van der Waals surface area contributed by atoms with Crippen LogP contribution < -0.4 is 11.5 Å². The lowest BCUT2D eigenvalue weighted by molar-refractivity contribution is -0.538. The summed E-state index contributed by atoms with van der Waals surface area (Å²) in [6, 6.07) is 13.7. The highest BCUT2D eigenvalue weighted by molar-refractivity contribution is 5.46. The molecule has 0 fully saturated rings. The first kappa shape index (κ1) is 17.6. The minimum atomic E-state index is -1.79. The molecule has 0 aliphatic heterocycles. The van der Waals surface area contributed by atoms with E-state index in [4.69, 9.17) is 16.2 Å². The molecule has 0 spiro atoms. The van der Waals surface area contributed by atoms with Crippen molar-refractivity contribution in [3.8, 4) is 0 Å². The number of nitrogen functional groups attached to an aromatic ring is 1. The van der Waals surface area contributed by atoms with Crippen LogP contribution in [0, 0.1) is 10.1 Å². The van der Waals surface area contributed by atoms with E-state index in [0.29, 0.717) is 11.3 Å². The highest BCUT2D eigenvalue weighted by Gasteiger charge is 2.53. The second-order valence-corrected chi connectivity index (χ2v) is 6.01. The summed E-state index contributed by atoms with van der Waals surface area (Å²) in [4.78, 5) is 11.0. The number of hydrogen-bond donors (Lipinski definition) is 2. The number of ether oxygens (including phenoxy) is 1. The number of nitrogens with zero attached hydrogens (tertiary/aromatic N) is 1. The molecule has 0 saturated carbocycles. The van der Waals surface area contributed by atoms with Gasteiger partial charge in [-0.15, -0.1) is 0 Å². The molecule has 2 aromatic rings. The molecule has 0 saturated heterocycles. The fraction of sp³-hybridized carbons (Fsp3) is 0.158. The molecular weight excluding hydrogens is 337 g/mol. The summed E-state index contributed by atoms with van der Waals surface area (Å²) < 4.78 is 20.6. The standard InChI is InChI=1S/C19H18FN3O3/c20-17-16(22)10-11-19(18(17)23(24)25,14-6-8-15(21)9-7-14)26-12-13-4-2-1-3-5-13/h1-11,18H,12,21-22H2. The molecule has 2 unspecified atom stereocenters. The van der Waals surface area contributed by atoms with E-state index in [1.54, 1.807) is 24.3 Å². The lowest BCUT2D eigenvalue weighted by Crippen LogP contribution is -2.48. The van der Waals surface area contributed by atoms with Crippen molar-refractivity contribution in [3.05, 3.63) is 99.5 Å². The van der Waals surface area contributed by atoms with Crippen LogP contribution in [0.15, 0.2) is 78.3 Å². The summed E-state index contributed by atoms with van der Waals surface area (Å²) in [6.07, 6.45) is 2.74. The van der Waals surface area contributed by atoms with E-state index in [9.17, 15) is 14.5 Å². The van der Waals surface area contributed by atoms with E-state index in [-0.39, 0.29) is 12.3 Å². The third kappa shape index (κ3) is 3.16. The highest BCUT2D eigenvalue weighted by atomic mass is 19.1. The van der Waals surface area contributed by atoms with E-state index < -0.39 is 22.4 Å². The predicted octanol–water partition coefficient (Wildman–Crippen LogP) is 3.04. The van der Waals surface area contributed by atoms with Crippen molar-refractivity contribution in [1.29, 1.82) is 0 Å². The number of anilines is 1. The highest BCUT2D eigenvalue weighted by Crippen LogP contribution is 2.41. The molecule has 26 heavy (non-hydrogen) atoms. The minimum Gasteiger partial charge on any atom is -0.399 e. The Balaban J connectivity index is 2.08. The van der Waals surface area contributed by atoms with Crippen LogP contribution in [0.3, 0.4) is 0 Å². The minimum absolute atomic E-state index is 0.0626. The van der Waals surface area contributed by atoms with Crippen molar-refractivity contribution >= 4 is 5.69 Å². The van der Waals surface area contributed by atoms with Crippen molar-refractivity contribution in [3.63, 3.8) is 0 Å². The van der Waals surface area contributed by atoms with Gasteiger partial charge >= 0.3 is 6.04 Å². The Morgan fingerprint density at radius 1 is 1.12 bits per heavy atom. The lowest BCUT2D eigenvalue weighted by atomic mass is 9.81. The molecule has 1 aliphatic carbocycles. The Kier molecular flexibility index (Phi) is 4.73. The van der Waals surface area contributed by atoms with Gasteiger partial charge in [0, 0.05) is 10.6 Å². The topological polar surface area (TPSA) is 104 Å². The molecule has 0 amide bonds. The second-order valence-electron chi connectivity index (χ2n) is 6.01. The van der Waals surface area contributed by atoms with Gasteiger partial charge in [-0.3, -0.25) is 10.1 Å². The monoisotopic (exact) mass is 355 g/mol. The van der Waals surface area contributed by atoms with Crippen molar-refractivity contribution in [2.75, 3.05) is 5.73 Å². The van der Waals surface area contributed by atoms with Crippen LogP contribution >= 0.6 is 0 Å². The maximum atomic E-state index is 14.6. The summed E-state index contributed by atoms with van der Waals surface area (Å²) in [5, 5.41) is 11.7. The molecule has 0 aromatic heterocycles. The summed E-state index contributed by atoms with van der Waals surface area (Å²) in [6.45, 7) is 0.0626. The van der Waals surface area contributed by atoms with Gasteiger partial charge in [-0.1, -0.05) is 42.5 Å². The van der Waals surface area contributed by atoms with Crippen molar-refractivity contribution < 1.29 is 14.1 Å². The van der Waals surface area contributed by atoms with E-state index in [1.807, 2.05) is 30.3 Å². The maximum absolute atomic E-state index is 14.6. The fourth-order valence-electron chi connectivity index (χ4n) is 2.96. The average molecular weight is 355 g/mol. The first-order valence-corrected chi connectivity index (χ1v) is 7.96. The van der Waals surface area contributed by atoms with Gasteiger partial charge < -0.3 is 16.2 Å². The first-order valence-electron chi connectivity index (χ1n) is 7.96. The smallest absolute Gasteiger partial charge is 0.301 e. The molecule has 2 atom stereocenters. The number of allylic oxidation sites excluding steroid dienone is 1. The molecule has 7 heteroatoms. The Bertz CT molecular complexity index is 865. The predicted molar refractivity (Wildman–Crippen MR) is 96.0 cm³/mol. The van der Waals surface area contributed by atoms with Gasteiger partial charge in [-0.05, 0) is 35.4 Å². The quantitative estimate of drug-likeness (QED) is 0.487. The fourth-order valence-corrected chi connectivity index (χ4v) is 2.96. The number of rotatable bonds is 5. The largest absolute Gasteiger partial charge is 0.399 e. The van der Waals surface area contributed by atoms with E-state index in [1.165, 1.54) is 12.2 Å². The van der Waals surface area contributed by atoms with Gasteiger partial charge in [0.2, 0.25) is 0 Å². The maximum Gasteiger partial charge on any atom is 0.301 e. The Labute approximate surface area is 149 Å². The number of benzene rings is 2. The van der Waals surface area contributed by atoms with Gasteiger partial charge in [0.25, 0.3) is 0 Å². The van der Waals surface area contributed by atoms with Crippen LogP contribution in [0.2, 0.25) is 0 Å². The van der Waals surface area contributed by atoms with Gasteiger partial charge in [-0.25, -0.2) is 4.39 Å². The van der Waals surface area contributed by atoms with E-state index in [0.717, 1.165) is 5.56 Å². The number of nitrogens with two attached hydrogens (primary N) is 2. The molecule has 4 N–H and O–H groups in total. The number of halogens is 1. The molecule has 0 heterocycles. The van der Waals surface area contributed by atoms with Crippen molar-refractivity contribution in [1.82, 2.24) is 0 Å². The van der Waals surface area contributed by atoms with Crippen LogP contribution in [0.5, 0.6) is 0 Å². The van der Waals surface area contributed by atoms with E-state index >= 15 is 0 Å². The van der Waals surface area contributed by atoms with Gasteiger partial charge in [-0.2, -0.15) is 0 Å². The normalized spacial score (nSPS) is 22.4. The van der Waals surface area contributed by atoms with Crippen LogP contribution in [0.1, 0.15) is 11.1 Å². The summed E-state index contributed by atoms with van der Waals surface area (Å²) in [5.74, 6) is -1.03. The zero-order valence-corrected chi connectivity index (χ0v) is 13.8. The second kappa shape index (κ2) is 6.97. The van der Waals surface area contributed by atoms with Crippen molar-refractivity contribution in [2.45, 2.75) is 18.2 Å². The molecule has 2 aromatic carbocycles. The zero-order chi connectivity index (χ0) is 18.7. The van der Waals surface area contributed by atoms with Crippen LogP contribution in [0.4, 0.5) is 10.1 Å². The number of nitro groups is 1. The Morgan fingerprint density at radius 2 is 1.77 bits per heavy atom. The third-order valence-corrected chi connectivity index (χ3v) is 4.33. The zero-order valence-electron chi connectivity index (χ0n) is 13.8. The summed E-state index contributed by atoms with van der Waals surface area (Å²) in [5.41, 5.74) is 11.1.